The van der Waals surface area contributed by atoms with Crippen molar-refractivity contribution in [1.29, 1.82) is 0 Å². The van der Waals surface area contributed by atoms with Crippen LogP contribution in [0.5, 0.6) is 0 Å². The number of carbonyl (C=O) groups excluding carboxylic acids is 1. The van der Waals surface area contributed by atoms with Gasteiger partial charge < -0.3 is 14.4 Å². The van der Waals surface area contributed by atoms with Gasteiger partial charge in [-0.05, 0) is 31.0 Å². The van der Waals surface area contributed by atoms with Gasteiger partial charge in [-0.25, -0.2) is 4.39 Å². The number of hydrogen-bond donors (Lipinski definition) is 0. The van der Waals surface area contributed by atoms with Crippen molar-refractivity contribution < 1.29 is 18.7 Å². The van der Waals surface area contributed by atoms with Crippen molar-refractivity contribution in [1.82, 2.24) is 4.90 Å². The van der Waals surface area contributed by atoms with Crippen LogP contribution in [0, 0.1) is 11.7 Å². The van der Waals surface area contributed by atoms with Gasteiger partial charge in [0.15, 0.2) is 6.29 Å². The first kappa shape index (κ1) is 14.9. The van der Waals surface area contributed by atoms with Crippen molar-refractivity contribution in [3.05, 3.63) is 34.1 Å². The quantitative estimate of drug-likeness (QED) is 0.816. The fourth-order valence-corrected chi connectivity index (χ4v) is 3.26. The second-order valence-corrected chi connectivity index (χ2v) is 6.30. The van der Waals surface area contributed by atoms with Gasteiger partial charge in [-0.15, -0.1) is 0 Å². The molecule has 1 aromatic carbocycles. The van der Waals surface area contributed by atoms with Crippen LogP contribution in [0.25, 0.3) is 0 Å². The topological polar surface area (TPSA) is 38.8 Å². The average molecular weight is 358 g/mol. The van der Waals surface area contributed by atoms with Crippen LogP contribution >= 0.6 is 15.9 Å². The Labute approximate surface area is 131 Å². The van der Waals surface area contributed by atoms with Gasteiger partial charge in [-0.3, -0.25) is 4.79 Å². The minimum atomic E-state index is -0.487. The predicted molar refractivity (Wildman–Crippen MR) is 78.4 cm³/mol. The zero-order chi connectivity index (χ0) is 14.8. The average Bonchev–Trinajstić information content (AvgIpc) is 3.03. The van der Waals surface area contributed by atoms with Gasteiger partial charge in [0, 0.05) is 23.5 Å². The minimum absolute atomic E-state index is 0.110. The Morgan fingerprint density at radius 1 is 1.33 bits per heavy atom. The molecule has 4 nitrogen and oxygen atoms in total. The molecule has 0 radical (unpaired) electrons. The fraction of sp³-hybridized carbons (Fsp3) is 0.533. The molecule has 6 heteroatoms. The number of nitrogens with zero attached hydrogens (tertiary/aromatic N) is 1. The molecule has 2 aliphatic heterocycles. The van der Waals surface area contributed by atoms with E-state index in [-0.39, 0.29) is 23.7 Å². The molecular formula is C15H17BrFNO3. The molecule has 2 aliphatic rings. The number of amides is 1. The third-order valence-corrected chi connectivity index (χ3v) is 4.43. The number of hydrogen-bond acceptors (Lipinski definition) is 3. The standard InChI is InChI=1S/C15H17BrFNO3/c16-11-3-4-13(17)12(8-11)14(19)18-5-1-2-10(9-18)15-20-6-7-21-15/h3-4,8,10,15H,1-2,5-7,9H2. The third-order valence-electron chi connectivity index (χ3n) is 3.94. The molecule has 0 N–H and O–H groups in total. The Balaban J connectivity index is 1.73. The Hall–Kier alpha value is -0.980. The van der Waals surface area contributed by atoms with Crippen LogP contribution in [-0.2, 0) is 9.47 Å². The highest BCUT2D eigenvalue weighted by Gasteiger charge is 2.33. The van der Waals surface area contributed by atoms with Crippen molar-refractivity contribution in [2.45, 2.75) is 19.1 Å². The molecule has 0 aromatic heterocycles. The van der Waals surface area contributed by atoms with E-state index in [1.165, 1.54) is 12.1 Å². The summed E-state index contributed by atoms with van der Waals surface area (Å²) in [6.45, 7) is 2.41. The van der Waals surface area contributed by atoms with Crippen molar-refractivity contribution in [3.63, 3.8) is 0 Å². The highest BCUT2D eigenvalue weighted by Crippen LogP contribution is 2.26. The van der Waals surface area contributed by atoms with Crippen LogP contribution in [0.2, 0.25) is 0 Å². The normalized spacial score (nSPS) is 23.5. The maximum absolute atomic E-state index is 13.9. The zero-order valence-electron chi connectivity index (χ0n) is 11.6. The SMILES string of the molecule is O=C(c1cc(Br)ccc1F)N1CCCC(C2OCCO2)C1. The van der Waals surface area contributed by atoms with E-state index >= 15 is 0 Å². The molecule has 0 bridgehead atoms. The molecule has 2 heterocycles. The highest BCUT2D eigenvalue weighted by atomic mass is 79.9. The molecule has 0 saturated carbocycles. The smallest absolute Gasteiger partial charge is 0.256 e. The maximum Gasteiger partial charge on any atom is 0.256 e. The van der Waals surface area contributed by atoms with E-state index in [0.717, 1.165) is 12.8 Å². The molecule has 1 unspecified atom stereocenters. The van der Waals surface area contributed by atoms with Gasteiger partial charge in [0.2, 0.25) is 0 Å². The van der Waals surface area contributed by atoms with Gasteiger partial charge in [-0.2, -0.15) is 0 Å². The Morgan fingerprint density at radius 3 is 2.86 bits per heavy atom. The summed E-state index contributed by atoms with van der Waals surface area (Å²) in [7, 11) is 0. The number of likely N-dealkylation sites (tertiary alicyclic amines) is 1. The predicted octanol–water partition coefficient (Wildman–Crippen LogP) is 2.81. The molecule has 1 aromatic rings. The second-order valence-electron chi connectivity index (χ2n) is 5.39. The lowest BCUT2D eigenvalue weighted by molar-refractivity contribution is -0.0969. The molecule has 0 spiro atoms. The molecule has 1 amide bonds. The van der Waals surface area contributed by atoms with Gasteiger partial charge in [0.25, 0.3) is 5.91 Å². The molecule has 114 valence electrons. The third kappa shape index (κ3) is 3.27. The molecule has 3 rings (SSSR count). The lowest BCUT2D eigenvalue weighted by Crippen LogP contribution is -2.44. The van der Waals surface area contributed by atoms with Gasteiger partial charge in [0.05, 0.1) is 18.8 Å². The summed E-state index contributed by atoms with van der Waals surface area (Å²) in [4.78, 5) is 14.2. The van der Waals surface area contributed by atoms with E-state index in [1.54, 1.807) is 11.0 Å². The molecule has 1 atom stereocenters. The monoisotopic (exact) mass is 357 g/mol. The minimum Gasteiger partial charge on any atom is -0.350 e. The van der Waals surface area contributed by atoms with Gasteiger partial charge in [0.1, 0.15) is 5.82 Å². The first-order valence-corrected chi connectivity index (χ1v) is 7.92. The van der Waals surface area contributed by atoms with Crippen molar-refractivity contribution in [2.24, 2.45) is 5.92 Å². The van der Waals surface area contributed by atoms with Crippen LogP contribution in [0.1, 0.15) is 23.2 Å². The first-order valence-electron chi connectivity index (χ1n) is 7.12. The van der Waals surface area contributed by atoms with Gasteiger partial charge >= 0.3 is 0 Å². The van der Waals surface area contributed by atoms with Crippen LogP contribution in [0.15, 0.2) is 22.7 Å². The number of piperidine rings is 1. The molecule has 0 aliphatic carbocycles. The summed E-state index contributed by atoms with van der Waals surface area (Å²) in [6.07, 6.45) is 1.62. The van der Waals surface area contributed by atoms with E-state index in [4.69, 9.17) is 9.47 Å². The Morgan fingerprint density at radius 2 is 2.10 bits per heavy atom. The number of carbonyl (C=O) groups is 1. The van der Waals surface area contributed by atoms with Crippen molar-refractivity contribution in [3.8, 4) is 0 Å². The van der Waals surface area contributed by atoms with Crippen LogP contribution in [0.4, 0.5) is 4.39 Å². The summed E-state index contributed by atoms with van der Waals surface area (Å²) < 4.78 is 25.6. The Kier molecular flexibility index (Phi) is 4.57. The lowest BCUT2D eigenvalue weighted by Gasteiger charge is -2.34. The summed E-state index contributed by atoms with van der Waals surface area (Å²) in [5, 5.41) is 0. The van der Waals surface area contributed by atoms with Gasteiger partial charge in [-0.1, -0.05) is 15.9 Å². The van der Waals surface area contributed by atoms with E-state index in [1.807, 2.05) is 0 Å². The fourth-order valence-electron chi connectivity index (χ4n) is 2.90. The zero-order valence-corrected chi connectivity index (χ0v) is 13.1. The van der Waals surface area contributed by atoms with E-state index in [0.29, 0.717) is 30.8 Å². The van der Waals surface area contributed by atoms with Crippen molar-refractivity contribution in [2.75, 3.05) is 26.3 Å². The molecule has 2 saturated heterocycles. The van der Waals surface area contributed by atoms with Crippen LogP contribution in [0.3, 0.4) is 0 Å². The summed E-state index contributed by atoms with van der Waals surface area (Å²) in [5.41, 5.74) is 0.110. The van der Waals surface area contributed by atoms with Crippen LogP contribution < -0.4 is 0 Å². The first-order chi connectivity index (χ1) is 10.1. The second kappa shape index (κ2) is 6.42. The van der Waals surface area contributed by atoms with E-state index in [9.17, 15) is 9.18 Å². The van der Waals surface area contributed by atoms with Crippen LogP contribution in [-0.4, -0.2) is 43.4 Å². The lowest BCUT2D eigenvalue weighted by atomic mass is 9.96. The molecule has 21 heavy (non-hydrogen) atoms. The van der Waals surface area contributed by atoms with Crippen molar-refractivity contribution >= 4 is 21.8 Å². The number of rotatable bonds is 2. The Bertz CT molecular complexity index is 534. The number of ether oxygens (including phenoxy) is 2. The number of halogens is 2. The van der Waals surface area contributed by atoms with E-state index < -0.39 is 5.82 Å². The summed E-state index contributed by atoms with van der Waals surface area (Å²) in [6, 6.07) is 4.43. The van der Waals surface area contributed by atoms with E-state index in [2.05, 4.69) is 15.9 Å². The highest BCUT2D eigenvalue weighted by molar-refractivity contribution is 9.10. The maximum atomic E-state index is 13.9. The summed E-state index contributed by atoms with van der Waals surface area (Å²) in [5.74, 6) is -0.587. The number of benzene rings is 1. The summed E-state index contributed by atoms with van der Waals surface area (Å²) >= 11 is 3.28. The largest absolute Gasteiger partial charge is 0.350 e. The molecule has 2 fully saturated rings. The molecular weight excluding hydrogens is 341 g/mol.